The zero-order chi connectivity index (χ0) is 23.0. The van der Waals surface area contributed by atoms with Crippen molar-refractivity contribution in [3.63, 3.8) is 0 Å². The molecule has 0 bridgehead atoms. The highest BCUT2D eigenvalue weighted by atomic mass is 32.2. The topological polar surface area (TPSA) is 70.7 Å². The quantitative estimate of drug-likeness (QED) is 0.497. The van der Waals surface area contributed by atoms with E-state index in [1.807, 2.05) is 36.4 Å². The Labute approximate surface area is 196 Å². The summed E-state index contributed by atoms with van der Waals surface area (Å²) in [4.78, 5) is 28.1. The van der Waals surface area contributed by atoms with Gasteiger partial charge in [0, 0.05) is 35.0 Å². The van der Waals surface area contributed by atoms with Crippen molar-refractivity contribution in [1.29, 1.82) is 0 Å². The van der Waals surface area contributed by atoms with Crippen LogP contribution in [0.15, 0.2) is 77.7 Å². The van der Waals surface area contributed by atoms with Gasteiger partial charge in [0.2, 0.25) is 5.91 Å². The number of nitrogens with zero attached hydrogens (tertiary/aromatic N) is 1. The Hall–Kier alpha value is -3.36. The van der Waals surface area contributed by atoms with Crippen LogP contribution in [0.1, 0.15) is 10.4 Å². The first kappa shape index (κ1) is 22.8. The van der Waals surface area contributed by atoms with E-state index < -0.39 is 0 Å². The van der Waals surface area contributed by atoms with Crippen LogP contribution in [0.25, 0.3) is 0 Å². The van der Waals surface area contributed by atoms with Crippen molar-refractivity contribution >= 4 is 40.6 Å². The van der Waals surface area contributed by atoms with E-state index in [1.54, 1.807) is 12.1 Å². The standard InChI is InChI=1S/C25H24FN3O3S/c26-18-5-7-19(8-6-18)27-24(30)17-33-23-4-2-1-3-22(23)25(31)28-20-9-11-21(12-10-20)29-13-15-32-16-14-29/h1-12H,13-17H2,(H,27,30)(H,28,31). The van der Waals surface area contributed by atoms with Crippen LogP contribution in [-0.2, 0) is 9.53 Å². The molecule has 1 aliphatic rings. The molecular formula is C25H24FN3O3S. The first-order valence-electron chi connectivity index (χ1n) is 10.6. The van der Waals surface area contributed by atoms with Crippen molar-refractivity contribution in [2.45, 2.75) is 4.90 Å². The number of hydrogen-bond acceptors (Lipinski definition) is 5. The first-order chi connectivity index (χ1) is 16.1. The summed E-state index contributed by atoms with van der Waals surface area (Å²) in [6.45, 7) is 3.14. The molecule has 0 saturated carbocycles. The summed E-state index contributed by atoms with van der Waals surface area (Å²) in [6.07, 6.45) is 0. The van der Waals surface area contributed by atoms with Gasteiger partial charge in [-0.15, -0.1) is 11.8 Å². The highest BCUT2D eigenvalue weighted by molar-refractivity contribution is 8.00. The van der Waals surface area contributed by atoms with Gasteiger partial charge >= 0.3 is 0 Å². The first-order valence-corrected chi connectivity index (χ1v) is 11.6. The van der Waals surface area contributed by atoms with Crippen LogP contribution in [0.3, 0.4) is 0 Å². The number of hydrogen-bond donors (Lipinski definition) is 2. The van der Waals surface area contributed by atoms with E-state index in [9.17, 15) is 14.0 Å². The van der Waals surface area contributed by atoms with Gasteiger partial charge in [0.15, 0.2) is 0 Å². The monoisotopic (exact) mass is 465 g/mol. The molecule has 1 heterocycles. The van der Waals surface area contributed by atoms with Gasteiger partial charge in [-0.05, 0) is 60.7 Å². The van der Waals surface area contributed by atoms with E-state index >= 15 is 0 Å². The van der Waals surface area contributed by atoms with Crippen molar-refractivity contribution < 1.29 is 18.7 Å². The summed E-state index contributed by atoms with van der Waals surface area (Å²) >= 11 is 1.27. The summed E-state index contributed by atoms with van der Waals surface area (Å²) in [5, 5.41) is 5.65. The number of amides is 2. The number of carbonyl (C=O) groups is 2. The molecule has 170 valence electrons. The number of rotatable bonds is 7. The molecule has 4 rings (SSSR count). The van der Waals surface area contributed by atoms with Gasteiger partial charge in [-0.25, -0.2) is 4.39 Å². The van der Waals surface area contributed by atoms with Crippen molar-refractivity contribution in [2.24, 2.45) is 0 Å². The normalized spacial score (nSPS) is 13.4. The van der Waals surface area contributed by atoms with E-state index in [2.05, 4.69) is 15.5 Å². The molecule has 2 amide bonds. The number of nitrogens with one attached hydrogen (secondary N) is 2. The van der Waals surface area contributed by atoms with E-state index in [-0.39, 0.29) is 23.4 Å². The Kier molecular flexibility index (Phi) is 7.59. The maximum Gasteiger partial charge on any atom is 0.256 e. The third kappa shape index (κ3) is 6.34. The predicted octanol–water partition coefficient (Wildman–Crippen LogP) is 4.65. The molecule has 1 aliphatic heterocycles. The maximum absolute atomic E-state index is 13.0. The molecule has 2 N–H and O–H groups in total. The molecule has 0 unspecified atom stereocenters. The number of halogens is 1. The molecule has 0 radical (unpaired) electrons. The molecule has 3 aromatic carbocycles. The third-order valence-corrected chi connectivity index (χ3v) is 6.19. The minimum atomic E-state index is -0.363. The van der Waals surface area contributed by atoms with E-state index in [4.69, 9.17) is 4.74 Å². The van der Waals surface area contributed by atoms with Gasteiger partial charge in [0.25, 0.3) is 5.91 Å². The van der Waals surface area contributed by atoms with Crippen LogP contribution in [0.2, 0.25) is 0 Å². The molecule has 0 atom stereocenters. The Balaban J connectivity index is 1.35. The molecule has 1 fully saturated rings. The van der Waals surface area contributed by atoms with Gasteiger partial charge in [0.1, 0.15) is 5.82 Å². The zero-order valence-corrected chi connectivity index (χ0v) is 18.7. The molecule has 3 aromatic rings. The predicted molar refractivity (Wildman–Crippen MR) is 130 cm³/mol. The Morgan fingerprint density at radius 1 is 0.879 bits per heavy atom. The number of anilines is 3. The number of thioether (sulfide) groups is 1. The number of morpholine rings is 1. The fraction of sp³-hybridized carbons (Fsp3) is 0.200. The lowest BCUT2D eigenvalue weighted by Crippen LogP contribution is -2.36. The smallest absolute Gasteiger partial charge is 0.256 e. The van der Waals surface area contributed by atoms with Crippen molar-refractivity contribution in [3.05, 3.63) is 84.2 Å². The Morgan fingerprint density at radius 2 is 1.52 bits per heavy atom. The second kappa shape index (κ2) is 11.0. The van der Waals surface area contributed by atoms with E-state index in [1.165, 1.54) is 36.0 Å². The average molecular weight is 466 g/mol. The lowest BCUT2D eigenvalue weighted by Gasteiger charge is -2.28. The molecule has 0 aliphatic carbocycles. The lowest BCUT2D eigenvalue weighted by atomic mass is 10.2. The van der Waals surface area contributed by atoms with Crippen molar-refractivity contribution in [2.75, 3.05) is 47.6 Å². The van der Waals surface area contributed by atoms with Crippen LogP contribution >= 0.6 is 11.8 Å². The largest absolute Gasteiger partial charge is 0.378 e. The molecule has 33 heavy (non-hydrogen) atoms. The van der Waals surface area contributed by atoms with Gasteiger partial charge in [-0.3, -0.25) is 9.59 Å². The van der Waals surface area contributed by atoms with Gasteiger partial charge in [-0.1, -0.05) is 12.1 Å². The minimum absolute atomic E-state index is 0.121. The Morgan fingerprint density at radius 3 is 2.24 bits per heavy atom. The molecule has 0 aromatic heterocycles. The maximum atomic E-state index is 13.0. The SMILES string of the molecule is O=C(CSc1ccccc1C(=O)Nc1ccc(N2CCOCC2)cc1)Nc1ccc(F)cc1. The van der Waals surface area contributed by atoms with Crippen molar-refractivity contribution in [3.8, 4) is 0 Å². The molecule has 6 nitrogen and oxygen atoms in total. The summed E-state index contributed by atoms with van der Waals surface area (Å²) in [5.41, 5.74) is 2.81. The average Bonchev–Trinajstić information content (AvgIpc) is 2.85. The number of carbonyl (C=O) groups excluding carboxylic acids is 2. The number of ether oxygens (including phenoxy) is 1. The zero-order valence-electron chi connectivity index (χ0n) is 17.9. The molecule has 0 spiro atoms. The fourth-order valence-electron chi connectivity index (χ4n) is 3.43. The lowest BCUT2D eigenvalue weighted by molar-refractivity contribution is -0.113. The fourth-order valence-corrected chi connectivity index (χ4v) is 4.28. The second-order valence-electron chi connectivity index (χ2n) is 7.44. The van der Waals surface area contributed by atoms with Crippen LogP contribution in [-0.4, -0.2) is 43.9 Å². The van der Waals surface area contributed by atoms with E-state index in [0.29, 0.717) is 21.8 Å². The summed E-state index contributed by atoms with van der Waals surface area (Å²) in [5.74, 6) is -0.717. The molecule has 8 heteroatoms. The van der Waals surface area contributed by atoms with E-state index in [0.717, 1.165) is 32.0 Å². The summed E-state index contributed by atoms with van der Waals surface area (Å²) < 4.78 is 18.4. The van der Waals surface area contributed by atoms with Gasteiger partial charge in [0.05, 0.1) is 24.5 Å². The summed E-state index contributed by atoms with van der Waals surface area (Å²) in [6, 6.07) is 20.5. The molecule has 1 saturated heterocycles. The highest BCUT2D eigenvalue weighted by Crippen LogP contribution is 2.25. The molecular weight excluding hydrogens is 441 g/mol. The van der Waals surface area contributed by atoms with Crippen LogP contribution in [0.5, 0.6) is 0 Å². The third-order valence-electron chi connectivity index (χ3n) is 5.12. The van der Waals surface area contributed by atoms with Crippen LogP contribution in [0, 0.1) is 5.82 Å². The van der Waals surface area contributed by atoms with Crippen LogP contribution in [0.4, 0.5) is 21.5 Å². The van der Waals surface area contributed by atoms with Crippen LogP contribution < -0.4 is 15.5 Å². The highest BCUT2D eigenvalue weighted by Gasteiger charge is 2.15. The Bertz CT molecular complexity index is 1100. The van der Waals surface area contributed by atoms with Gasteiger partial charge in [-0.2, -0.15) is 0 Å². The number of benzene rings is 3. The van der Waals surface area contributed by atoms with Crippen molar-refractivity contribution in [1.82, 2.24) is 0 Å². The van der Waals surface area contributed by atoms with Gasteiger partial charge < -0.3 is 20.3 Å². The summed E-state index contributed by atoms with van der Waals surface area (Å²) in [7, 11) is 0. The minimum Gasteiger partial charge on any atom is -0.378 e. The second-order valence-corrected chi connectivity index (χ2v) is 8.46.